The first kappa shape index (κ1) is 15.2. The maximum Gasteiger partial charge on any atom is 0.335 e. The molecule has 21 heavy (non-hydrogen) atoms. The van der Waals surface area contributed by atoms with E-state index in [1.54, 1.807) is 18.2 Å². The van der Waals surface area contributed by atoms with Gasteiger partial charge in [0.05, 0.1) is 18.0 Å². The third-order valence-electron chi connectivity index (χ3n) is 2.98. The van der Waals surface area contributed by atoms with Crippen LogP contribution in [0, 0.1) is 6.92 Å². The van der Waals surface area contributed by atoms with Crippen molar-refractivity contribution in [2.24, 2.45) is 0 Å². The molecule has 0 saturated heterocycles. The zero-order valence-corrected chi connectivity index (χ0v) is 12.6. The van der Waals surface area contributed by atoms with Crippen LogP contribution in [0.5, 0.6) is 0 Å². The lowest BCUT2D eigenvalue weighted by atomic mass is 10.0. The van der Waals surface area contributed by atoms with Crippen molar-refractivity contribution in [3.05, 3.63) is 51.5 Å². The van der Waals surface area contributed by atoms with Crippen LogP contribution in [-0.2, 0) is 11.2 Å². The molecule has 1 unspecified atom stereocenters. The van der Waals surface area contributed by atoms with Crippen LogP contribution in [0.4, 0.5) is 0 Å². The number of hydrogen-bond acceptors (Lipinski definition) is 4. The van der Waals surface area contributed by atoms with Crippen molar-refractivity contribution >= 4 is 23.2 Å². The number of rotatable bonds is 5. The smallest absolute Gasteiger partial charge is 0.335 e. The monoisotopic (exact) mass is 304 g/mol. The van der Waals surface area contributed by atoms with Crippen LogP contribution >= 0.6 is 11.3 Å². The first-order valence-corrected chi connectivity index (χ1v) is 7.38. The van der Waals surface area contributed by atoms with E-state index < -0.39 is 5.97 Å². The minimum absolute atomic E-state index is 0.0389. The number of hydrogen-bond donors (Lipinski definition) is 2. The number of nitrogens with one attached hydrogen (secondary N) is 1. The van der Waals surface area contributed by atoms with Gasteiger partial charge in [-0.05, 0) is 25.5 Å². The topological polar surface area (TPSA) is 79.3 Å². The average molecular weight is 304 g/mol. The quantitative estimate of drug-likeness (QED) is 0.889. The predicted molar refractivity (Wildman–Crippen MR) is 80.5 cm³/mol. The summed E-state index contributed by atoms with van der Waals surface area (Å²) in [4.78, 5) is 27.5. The standard InChI is InChI=1S/C15H16N2O3S/c1-9-8-21-14(16-9)10(2)17-13(18)7-11-5-3-4-6-12(11)15(19)20/h3-6,8,10H,7H2,1-2H3,(H,17,18)(H,19,20). The molecule has 2 N–H and O–H groups in total. The molecule has 1 aromatic carbocycles. The number of benzene rings is 1. The molecule has 2 aromatic rings. The van der Waals surface area contributed by atoms with Gasteiger partial charge in [-0.15, -0.1) is 11.3 Å². The molecule has 6 heteroatoms. The van der Waals surface area contributed by atoms with Crippen molar-refractivity contribution in [3.8, 4) is 0 Å². The number of carbonyl (C=O) groups is 2. The van der Waals surface area contributed by atoms with E-state index in [-0.39, 0.29) is 23.9 Å². The van der Waals surface area contributed by atoms with E-state index in [0.717, 1.165) is 10.7 Å². The van der Waals surface area contributed by atoms with Crippen molar-refractivity contribution in [1.29, 1.82) is 0 Å². The molecule has 0 aliphatic heterocycles. The van der Waals surface area contributed by atoms with Gasteiger partial charge in [0, 0.05) is 11.1 Å². The Morgan fingerprint density at radius 1 is 1.38 bits per heavy atom. The van der Waals surface area contributed by atoms with Crippen molar-refractivity contribution < 1.29 is 14.7 Å². The summed E-state index contributed by atoms with van der Waals surface area (Å²) in [6, 6.07) is 6.34. The summed E-state index contributed by atoms with van der Waals surface area (Å²) in [5, 5.41) is 14.7. The van der Waals surface area contributed by atoms with Crippen LogP contribution in [-0.4, -0.2) is 22.0 Å². The lowest BCUT2D eigenvalue weighted by molar-refractivity contribution is -0.121. The molecule has 0 bridgehead atoms. The lowest BCUT2D eigenvalue weighted by Crippen LogP contribution is -2.28. The van der Waals surface area contributed by atoms with Crippen LogP contribution in [0.2, 0.25) is 0 Å². The summed E-state index contributed by atoms with van der Waals surface area (Å²) in [6.07, 6.45) is 0.0389. The molecule has 0 aliphatic carbocycles. The van der Waals surface area contributed by atoms with E-state index in [1.165, 1.54) is 17.4 Å². The number of carboxylic acids is 1. The molecule has 0 saturated carbocycles. The van der Waals surface area contributed by atoms with E-state index in [2.05, 4.69) is 10.3 Å². The van der Waals surface area contributed by atoms with Gasteiger partial charge in [0.15, 0.2) is 0 Å². The Hall–Kier alpha value is -2.21. The lowest BCUT2D eigenvalue weighted by Gasteiger charge is -2.12. The second-order valence-corrected chi connectivity index (χ2v) is 5.65. The summed E-state index contributed by atoms with van der Waals surface area (Å²) in [5.74, 6) is -1.24. The molecule has 1 heterocycles. The minimum Gasteiger partial charge on any atom is -0.478 e. The molecule has 1 amide bonds. The second-order valence-electron chi connectivity index (χ2n) is 4.76. The number of amides is 1. The molecule has 1 atom stereocenters. The Balaban J connectivity index is 2.04. The second kappa shape index (κ2) is 6.49. The van der Waals surface area contributed by atoms with Crippen molar-refractivity contribution in [1.82, 2.24) is 10.3 Å². The van der Waals surface area contributed by atoms with Gasteiger partial charge in [-0.2, -0.15) is 0 Å². The van der Waals surface area contributed by atoms with Crippen molar-refractivity contribution in [2.75, 3.05) is 0 Å². The van der Waals surface area contributed by atoms with Crippen molar-refractivity contribution in [2.45, 2.75) is 26.3 Å². The van der Waals surface area contributed by atoms with Crippen molar-refractivity contribution in [3.63, 3.8) is 0 Å². The first-order chi connectivity index (χ1) is 9.97. The normalized spacial score (nSPS) is 11.9. The Kier molecular flexibility index (Phi) is 4.70. The van der Waals surface area contributed by atoms with E-state index >= 15 is 0 Å². The third kappa shape index (κ3) is 3.88. The highest BCUT2D eigenvalue weighted by molar-refractivity contribution is 7.09. The van der Waals surface area contributed by atoms with Gasteiger partial charge in [0.2, 0.25) is 5.91 Å². The highest BCUT2D eigenvalue weighted by atomic mass is 32.1. The maximum atomic E-state index is 12.1. The van der Waals surface area contributed by atoms with Gasteiger partial charge in [-0.25, -0.2) is 9.78 Å². The molecule has 0 fully saturated rings. The molecule has 5 nitrogen and oxygen atoms in total. The zero-order valence-electron chi connectivity index (χ0n) is 11.8. The summed E-state index contributed by atoms with van der Waals surface area (Å²) >= 11 is 1.49. The van der Waals surface area contributed by atoms with Crippen LogP contribution in [0.25, 0.3) is 0 Å². The Bertz CT molecular complexity index is 666. The van der Waals surface area contributed by atoms with Crippen LogP contribution in [0.3, 0.4) is 0 Å². The molecular weight excluding hydrogens is 288 g/mol. The van der Waals surface area contributed by atoms with Gasteiger partial charge in [-0.1, -0.05) is 18.2 Å². The van der Waals surface area contributed by atoms with E-state index in [1.807, 2.05) is 19.2 Å². The SMILES string of the molecule is Cc1csc(C(C)NC(=O)Cc2ccccc2C(=O)O)n1. The molecular formula is C15H16N2O3S. The Labute approximate surface area is 126 Å². The number of nitrogens with zero attached hydrogens (tertiary/aromatic N) is 1. The molecule has 1 aromatic heterocycles. The van der Waals surface area contributed by atoms with Crippen LogP contribution in [0.15, 0.2) is 29.6 Å². The van der Waals surface area contributed by atoms with Gasteiger partial charge in [0.1, 0.15) is 5.01 Å². The Morgan fingerprint density at radius 3 is 2.71 bits per heavy atom. The summed E-state index contributed by atoms with van der Waals surface area (Å²) < 4.78 is 0. The number of aryl methyl sites for hydroxylation is 1. The van der Waals surface area contributed by atoms with Gasteiger partial charge >= 0.3 is 5.97 Å². The van der Waals surface area contributed by atoms with Crippen LogP contribution in [0.1, 0.15) is 39.6 Å². The molecule has 0 radical (unpaired) electrons. The number of aromatic nitrogens is 1. The van der Waals surface area contributed by atoms with Gasteiger partial charge in [-0.3, -0.25) is 4.79 Å². The first-order valence-electron chi connectivity index (χ1n) is 6.50. The number of carbonyl (C=O) groups excluding carboxylic acids is 1. The fourth-order valence-electron chi connectivity index (χ4n) is 1.98. The van der Waals surface area contributed by atoms with Crippen LogP contribution < -0.4 is 5.32 Å². The van der Waals surface area contributed by atoms with E-state index in [4.69, 9.17) is 5.11 Å². The van der Waals surface area contributed by atoms with Gasteiger partial charge in [0.25, 0.3) is 0 Å². The fourth-order valence-corrected chi connectivity index (χ4v) is 2.79. The molecule has 110 valence electrons. The molecule has 2 rings (SSSR count). The maximum absolute atomic E-state index is 12.1. The minimum atomic E-state index is -1.03. The van der Waals surface area contributed by atoms with E-state index in [9.17, 15) is 9.59 Å². The number of aromatic carboxylic acids is 1. The average Bonchev–Trinajstić information content (AvgIpc) is 2.85. The summed E-state index contributed by atoms with van der Waals surface area (Å²) in [7, 11) is 0. The Morgan fingerprint density at radius 2 is 2.10 bits per heavy atom. The number of thiazole rings is 1. The molecule has 0 spiro atoms. The van der Waals surface area contributed by atoms with Gasteiger partial charge < -0.3 is 10.4 Å². The summed E-state index contributed by atoms with van der Waals surface area (Å²) in [6.45, 7) is 3.76. The summed E-state index contributed by atoms with van der Waals surface area (Å²) in [5.41, 5.74) is 1.59. The number of carboxylic acid groups (broad SMARTS) is 1. The molecule has 0 aliphatic rings. The zero-order chi connectivity index (χ0) is 15.4. The van der Waals surface area contributed by atoms with E-state index in [0.29, 0.717) is 5.56 Å². The predicted octanol–water partition coefficient (Wildman–Crippen LogP) is 2.57. The largest absolute Gasteiger partial charge is 0.478 e. The highest BCUT2D eigenvalue weighted by Gasteiger charge is 2.16. The fraction of sp³-hybridized carbons (Fsp3) is 0.267. The third-order valence-corrected chi connectivity index (χ3v) is 4.13. The highest BCUT2D eigenvalue weighted by Crippen LogP contribution is 2.18.